The molecular formula is C28H21N7O5. The predicted octanol–water partition coefficient (Wildman–Crippen LogP) is 1.83. The van der Waals surface area contributed by atoms with Gasteiger partial charge in [0.25, 0.3) is 11.8 Å². The van der Waals surface area contributed by atoms with E-state index in [1.807, 2.05) is 0 Å². The Balaban J connectivity index is 1.30. The van der Waals surface area contributed by atoms with Crippen molar-refractivity contribution in [3.63, 3.8) is 0 Å². The average molecular weight is 536 g/mol. The Kier molecular flexibility index (Phi) is 5.88. The van der Waals surface area contributed by atoms with Gasteiger partial charge in [-0.1, -0.05) is 17.9 Å². The molecule has 2 aliphatic rings. The Morgan fingerprint density at radius 3 is 2.73 bits per heavy atom. The first-order valence-corrected chi connectivity index (χ1v) is 12.1. The summed E-state index contributed by atoms with van der Waals surface area (Å²) < 4.78 is 5.23. The second-order valence-corrected chi connectivity index (χ2v) is 9.26. The first kappa shape index (κ1) is 24.6. The molecule has 3 aromatic heterocycles. The van der Waals surface area contributed by atoms with E-state index in [9.17, 15) is 19.5 Å². The van der Waals surface area contributed by atoms with E-state index in [-0.39, 0.29) is 24.7 Å². The van der Waals surface area contributed by atoms with Gasteiger partial charge in [0.1, 0.15) is 17.2 Å². The van der Waals surface area contributed by atoms with E-state index in [1.54, 1.807) is 48.9 Å². The van der Waals surface area contributed by atoms with Gasteiger partial charge in [0.15, 0.2) is 0 Å². The minimum absolute atomic E-state index is 0.00367. The maximum Gasteiger partial charge on any atom is 0.323 e. The van der Waals surface area contributed by atoms with Crippen molar-refractivity contribution < 1.29 is 24.2 Å². The van der Waals surface area contributed by atoms with Gasteiger partial charge in [-0.2, -0.15) is 5.10 Å². The average Bonchev–Trinajstić information content (AvgIpc) is 3.67. The summed E-state index contributed by atoms with van der Waals surface area (Å²) in [6, 6.07) is 9.40. The lowest BCUT2D eigenvalue weighted by molar-refractivity contribution is -0.122. The molecule has 4 amide bonds. The molecule has 5 heterocycles. The van der Waals surface area contributed by atoms with Crippen LogP contribution in [0.2, 0.25) is 0 Å². The molecule has 198 valence electrons. The van der Waals surface area contributed by atoms with Gasteiger partial charge in [-0.05, 0) is 35.9 Å². The fraction of sp³-hybridized carbons (Fsp3) is 0.143. The van der Waals surface area contributed by atoms with Gasteiger partial charge in [0, 0.05) is 47.4 Å². The highest BCUT2D eigenvalue weighted by atomic mass is 16.5. The molecule has 4 N–H and O–H groups in total. The Morgan fingerprint density at radius 1 is 1.10 bits per heavy atom. The van der Waals surface area contributed by atoms with Crippen LogP contribution in [0.4, 0.5) is 4.79 Å². The number of urea groups is 1. The number of fused-ring (bicyclic) bond motifs is 1. The van der Waals surface area contributed by atoms with Crippen molar-refractivity contribution in [2.24, 2.45) is 0 Å². The number of H-pyrrole nitrogens is 1. The Labute approximate surface area is 227 Å². The van der Waals surface area contributed by atoms with Crippen molar-refractivity contribution in [3.05, 3.63) is 77.9 Å². The highest BCUT2D eigenvalue weighted by Crippen LogP contribution is 2.30. The van der Waals surface area contributed by atoms with Crippen molar-refractivity contribution >= 4 is 17.8 Å². The van der Waals surface area contributed by atoms with E-state index in [1.165, 1.54) is 24.3 Å². The van der Waals surface area contributed by atoms with Crippen molar-refractivity contribution in [2.45, 2.75) is 12.1 Å². The molecule has 12 heteroatoms. The lowest BCUT2D eigenvalue weighted by Gasteiger charge is -2.26. The fourth-order valence-electron chi connectivity index (χ4n) is 4.64. The topological polar surface area (TPSA) is 162 Å². The Bertz CT molecular complexity index is 1740. The SMILES string of the molecule is COc1ccc2c(c1)C(=O)N(C[C@@]1(C#Cc3cncc(-c4ccc(O)c(-c5cn[nH]c5)n4)c3)NC(=O)NC1=O)C2. The van der Waals surface area contributed by atoms with Crippen molar-refractivity contribution in [1.82, 2.24) is 35.7 Å². The van der Waals surface area contributed by atoms with Crippen LogP contribution in [0.1, 0.15) is 21.5 Å². The highest BCUT2D eigenvalue weighted by Gasteiger charge is 2.48. The zero-order valence-corrected chi connectivity index (χ0v) is 21.1. The molecule has 1 fully saturated rings. The standard InChI is InChI=1S/C28H21N7O5/c1-40-20-3-2-17-14-35(25(37)21(17)9-20)15-28(26(38)33-27(39)34-28)7-6-16-8-18(11-29-10-16)22-4-5-23(36)24(32-22)19-12-30-31-13-19/h2-5,8-13,36H,14-15H2,1H3,(H,30,31)(H2,33,34,38,39)/t28-/m1/s1. The number of imide groups is 1. The lowest BCUT2D eigenvalue weighted by Crippen LogP contribution is -2.54. The van der Waals surface area contributed by atoms with Crippen LogP contribution in [0, 0.1) is 11.8 Å². The van der Waals surface area contributed by atoms with Crippen molar-refractivity contribution in [2.75, 3.05) is 13.7 Å². The smallest absolute Gasteiger partial charge is 0.323 e. The van der Waals surface area contributed by atoms with E-state index in [4.69, 9.17) is 4.74 Å². The number of hydrogen-bond acceptors (Lipinski definition) is 8. The molecule has 0 spiro atoms. The number of ether oxygens (including phenoxy) is 1. The van der Waals surface area contributed by atoms with Crippen LogP contribution in [-0.4, -0.2) is 67.2 Å². The van der Waals surface area contributed by atoms with E-state index in [2.05, 4.69) is 42.6 Å². The van der Waals surface area contributed by atoms with Crippen LogP contribution in [0.25, 0.3) is 22.5 Å². The number of amides is 4. The molecule has 12 nitrogen and oxygen atoms in total. The molecule has 0 bridgehead atoms. The number of pyridine rings is 2. The van der Waals surface area contributed by atoms with Gasteiger partial charge < -0.3 is 20.1 Å². The van der Waals surface area contributed by atoms with Crippen molar-refractivity contribution in [1.29, 1.82) is 0 Å². The number of nitrogens with one attached hydrogen (secondary N) is 3. The molecule has 0 unspecified atom stereocenters. The van der Waals surface area contributed by atoms with E-state index in [0.29, 0.717) is 39.4 Å². The maximum atomic E-state index is 13.1. The van der Waals surface area contributed by atoms with E-state index in [0.717, 1.165) is 5.56 Å². The Hall–Kier alpha value is -5.70. The third kappa shape index (κ3) is 4.35. The summed E-state index contributed by atoms with van der Waals surface area (Å²) in [4.78, 5) is 48.5. The molecule has 0 aliphatic carbocycles. The summed E-state index contributed by atoms with van der Waals surface area (Å²) in [5.74, 6) is 5.41. The zero-order valence-electron chi connectivity index (χ0n) is 21.1. The van der Waals surface area contributed by atoms with Crippen molar-refractivity contribution in [3.8, 4) is 45.9 Å². The number of nitrogens with zero attached hydrogens (tertiary/aromatic N) is 4. The number of carbonyl (C=O) groups excluding carboxylic acids is 3. The van der Waals surface area contributed by atoms with Crippen LogP contribution < -0.4 is 15.4 Å². The summed E-state index contributed by atoms with van der Waals surface area (Å²) in [6.45, 7) is 0.0986. The summed E-state index contributed by atoms with van der Waals surface area (Å²) in [7, 11) is 1.52. The minimum atomic E-state index is -1.67. The van der Waals surface area contributed by atoms with Crippen LogP contribution >= 0.6 is 0 Å². The molecule has 2 aliphatic heterocycles. The summed E-state index contributed by atoms with van der Waals surface area (Å²) in [5, 5.41) is 21.7. The molecule has 0 radical (unpaired) electrons. The zero-order chi connectivity index (χ0) is 27.9. The lowest BCUT2D eigenvalue weighted by atomic mass is 9.99. The molecular weight excluding hydrogens is 514 g/mol. The number of benzene rings is 1. The number of methoxy groups -OCH3 is 1. The van der Waals surface area contributed by atoms with Crippen LogP contribution in [0.15, 0.2) is 61.2 Å². The third-order valence-corrected chi connectivity index (χ3v) is 6.67. The van der Waals surface area contributed by atoms with Crippen LogP contribution in [0.3, 0.4) is 0 Å². The summed E-state index contributed by atoms with van der Waals surface area (Å²) >= 11 is 0. The second kappa shape index (κ2) is 9.55. The largest absolute Gasteiger partial charge is 0.506 e. The second-order valence-electron chi connectivity index (χ2n) is 9.26. The monoisotopic (exact) mass is 535 g/mol. The Morgan fingerprint density at radius 2 is 1.98 bits per heavy atom. The van der Waals surface area contributed by atoms with Gasteiger partial charge >= 0.3 is 6.03 Å². The fourth-order valence-corrected chi connectivity index (χ4v) is 4.64. The quantitative estimate of drug-likeness (QED) is 0.222. The molecule has 4 aromatic rings. The number of rotatable bonds is 5. The van der Waals surface area contributed by atoms with Crippen LogP contribution in [-0.2, 0) is 11.3 Å². The van der Waals surface area contributed by atoms with Gasteiger partial charge in [0.05, 0.1) is 25.5 Å². The van der Waals surface area contributed by atoms with Gasteiger partial charge in [0.2, 0.25) is 5.54 Å². The number of hydrogen-bond donors (Lipinski definition) is 4. The minimum Gasteiger partial charge on any atom is -0.506 e. The normalized spacial score (nSPS) is 17.6. The van der Waals surface area contributed by atoms with Crippen LogP contribution in [0.5, 0.6) is 11.5 Å². The maximum absolute atomic E-state index is 13.1. The summed E-state index contributed by atoms with van der Waals surface area (Å²) in [6.07, 6.45) is 6.27. The molecule has 40 heavy (non-hydrogen) atoms. The van der Waals surface area contributed by atoms with Gasteiger partial charge in [-0.3, -0.25) is 25.0 Å². The van der Waals surface area contributed by atoms with E-state index < -0.39 is 17.5 Å². The molecule has 0 saturated carbocycles. The van der Waals surface area contributed by atoms with Gasteiger partial charge in [-0.15, -0.1) is 0 Å². The van der Waals surface area contributed by atoms with Gasteiger partial charge in [-0.25, -0.2) is 9.78 Å². The number of aromatic amines is 1. The predicted molar refractivity (Wildman–Crippen MR) is 141 cm³/mol. The summed E-state index contributed by atoms with van der Waals surface area (Å²) in [5.41, 5.74) is 2.15. The first-order chi connectivity index (χ1) is 19.3. The third-order valence-electron chi connectivity index (χ3n) is 6.67. The molecule has 1 atom stereocenters. The molecule has 1 saturated heterocycles. The highest BCUT2D eigenvalue weighted by molar-refractivity contribution is 6.10. The first-order valence-electron chi connectivity index (χ1n) is 12.1. The number of aromatic hydroxyl groups is 1. The number of aromatic nitrogens is 4. The van der Waals surface area contributed by atoms with E-state index >= 15 is 0 Å². The number of carbonyl (C=O) groups is 3. The molecule has 1 aromatic carbocycles. The molecule has 6 rings (SSSR count).